The Labute approximate surface area is 204 Å². The number of carbonyl (C=O) groups is 2. The van der Waals surface area contributed by atoms with Gasteiger partial charge in [-0.2, -0.15) is 13.2 Å². The van der Waals surface area contributed by atoms with Crippen molar-refractivity contribution in [3.05, 3.63) is 41.4 Å². The minimum Gasteiger partial charge on any atom is -0.494 e. The number of halogens is 3. The van der Waals surface area contributed by atoms with Gasteiger partial charge in [-0.05, 0) is 37.6 Å². The van der Waals surface area contributed by atoms with Crippen LogP contribution in [0.5, 0.6) is 5.75 Å². The number of ether oxygens (including phenoxy) is 1. The number of hydrogen-bond acceptors (Lipinski definition) is 7. The molecule has 2 amide bonds. The van der Waals surface area contributed by atoms with Gasteiger partial charge in [0.15, 0.2) is 11.5 Å². The standard InChI is InChI=1S/C24H26F3N5O4/c1-4-18(33)32-10-9-13(11-32)29-22(34)20-21(12(2)28)36-23(31-20)15-5-7-16(35-3)19-14(15)6-8-17(30-19)24(25,26)27/h5-8,12-13H,4,9-11,28H2,1-3H3,(H,29,34)/t12-,13+/m0/s1. The fourth-order valence-corrected chi connectivity index (χ4v) is 4.20. The zero-order chi connectivity index (χ0) is 26.2. The molecule has 9 nitrogen and oxygen atoms in total. The monoisotopic (exact) mass is 505 g/mol. The number of aromatic nitrogens is 2. The van der Waals surface area contributed by atoms with E-state index in [1.165, 1.54) is 19.2 Å². The second-order valence-corrected chi connectivity index (χ2v) is 8.58. The summed E-state index contributed by atoms with van der Waals surface area (Å²) in [5.41, 5.74) is 5.24. The van der Waals surface area contributed by atoms with Crippen LogP contribution in [0.25, 0.3) is 22.4 Å². The molecule has 0 unspecified atom stereocenters. The first-order chi connectivity index (χ1) is 17.0. The summed E-state index contributed by atoms with van der Waals surface area (Å²) in [5, 5.41) is 3.18. The molecule has 1 fully saturated rings. The Kier molecular flexibility index (Phi) is 6.90. The predicted molar refractivity (Wildman–Crippen MR) is 124 cm³/mol. The SMILES string of the molecule is CCC(=O)N1CC[C@@H](NC(=O)c2nc(-c3ccc(OC)c4nc(C(F)(F)F)ccc34)oc2[C@H](C)N)C1. The lowest BCUT2D eigenvalue weighted by Gasteiger charge is -2.16. The van der Waals surface area contributed by atoms with Crippen LogP contribution < -0.4 is 15.8 Å². The van der Waals surface area contributed by atoms with E-state index in [1.807, 2.05) is 0 Å². The number of carbonyl (C=O) groups excluding carboxylic acids is 2. The molecule has 4 rings (SSSR count). The molecule has 3 aromatic rings. The van der Waals surface area contributed by atoms with Gasteiger partial charge in [-0.3, -0.25) is 9.59 Å². The summed E-state index contributed by atoms with van der Waals surface area (Å²) in [5.74, 6) is -0.213. The van der Waals surface area contributed by atoms with Crippen LogP contribution in [0.2, 0.25) is 0 Å². The quantitative estimate of drug-likeness (QED) is 0.524. The molecule has 0 aliphatic carbocycles. The number of nitrogens with two attached hydrogens (primary N) is 1. The van der Waals surface area contributed by atoms with E-state index in [-0.39, 0.29) is 40.6 Å². The summed E-state index contributed by atoms with van der Waals surface area (Å²) in [7, 11) is 1.33. The Balaban J connectivity index is 1.70. The van der Waals surface area contributed by atoms with Gasteiger partial charge in [0.2, 0.25) is 11.8 Å². The number of alkyl halides is 3. The summed E-state index contributed by atoms with van der Waals surface area (Å²) in [4.78, 5) is 34.8. The van der Waals surface area contributed by atoms with Crippen molar-refractivity contribution in [3.63, 3.8) is 0 Å². The molecule has 36 heavy (non-hydrogen) atoms. The number of pyridine rings is 1. The van der Waals surface area contributed by atoms with Gasteiger partial charge in [0, 0.05) is 36.5 Å². The molecule has 2 aromatic heterocycles. The van der Waals surface area contributed by atoms with Crippen LogP contribution in [0.1, 0.15) is 54.7 Å². The average Bonchev–Trinajstić information content (AvgIpc) is 3.49. The fraction of sp³-hybridized carbons (Fsp3) is 0.417. The van der Waals surface area contributed by atoms with E-state index in [4.69, 9.17) is 14.9 Å². The number of nitrogens with zero attached hydrogens (tertiary/aromatic N) is 3. The largest absolute Gasteiger partial charge is 0.494 e. The first kappa shape index (κ1) is 25.4. The number of oxazole rings is 1. The van der Waals surface area contributed by atoms with Crippen molar-refractivity contribution in [2.45, 2.75) is 44.9 Å². The highest BCUT2D eigenvalue weighted by Gasteiger charge is 2.34. The summed E-state index contributed by atoms with van der Waals surface area (Å²) in [6.45, 7) is 4.35. The van der Waals surface area contributed by atoms with E-state index in [0.29, 0.717) is 36.9 Å². The molecule has 12 heteroatoms. The first-order valence-electron chi connectivity index (χ1n) is 11.4. The van der Waals surface area contributed by atoms with Gasteiger partial charge in [-0.1, -0.05) is 6.92 Å². The molecule has 192 valence electrons. The predicted octanol–water partition coefficient (Wildman–Crippen LogP) is 3.68. The smallest absolute Gasteiger partial charge is 0.433 e. The van der Waals surface area contributed by atoms with Gasteiger partial charge in [0.25, 0.3) is 5.91 Å². The lowest BCUT2D eigenvalue weighted by molar-refractivity contribution is -0.141. The van der Waals surface area contributed by atoms with Crippen LogP contribution >= 0.6 is 0 Å². The van der Waals surface area contributed by atoms with Gasteiger partial charge >= 0.3 is 6.18 Å². The highest BCUT2D eigenvalue weighted by atomic mass is 19.4. The number of nitrogens with one attached hydrogen (secondary N) is 1. The number of rotatable bonds is 6. The van der Waals surface area contributed by atoms with Crippen molar-refractivity contribution in [2.24, 2.45) is 5.73 Å². The number of fused-ring (bicyclic) bond motifs is 1. The minimum atomic E-state index is -4.64. The topological polar surface area (TPSA) is 124 Å². The average molecular weight is 505 g/mol. The van der Waals surface area contributed by atoms with E-state index < -0.39 is 23.8 Å². The first-order valence-corrected chi connectivity index (χ1v) is 11.4. The third-order valence-corrected chi connectivity index (χ3v) is 6.02. The van der Waals surface area contributed by atoms with E-state index in [0.717, 1.165) is 6.07 Å². The molecule has 1 aliphatic rings. The van der Waals surface area contributed by atoms with Crippen molar-refractivity contribution in [2.75, 3.05) is 20.2 Å². The van der Waals surface area contributed by atoms with Crippen molar-refractivity contribution >= 4 is 22.7 Å². The Morgan fingerprint density at radius 1 is 1.28 bits per heavy atom. The molecule has 1 aromatic carbocycles. The van der Waals surface area contributed by atoms with Gasteiger partial charge in [-0.15, -0.1) is 0 Å². The van der Waals surface area contributed by atoms with Crippen LogP contribution in [0.3, 0.4) is 0 Å². The number of amides is 2. The lowest BCUT2D eigenvalue weighted by Crippen LogP contribution is -2.39. The zero-order valence-electron chi connectivity index (χ0n) is 20.0. The Hall–Kier alpha value is -3.67. The molecule has 0 bridgehead atoms. The maximum atomic E-state index is 13.3. The Morgan fingerprint density at radius 3 is 2.67 bits per heavy atom. The van der Waals surface area contributed by atoms with Gasteiger partial charge in [0.1, 0.15) is 17.0 Å². The van der Waals surface area contributed by atoms with E-state index in [1.54, 1.807) is 24.8 Å². The van der Waals surface area contributed by atoms with E-state index >= 15 is 0 Å². The molecule has 2 atom stereocenters. The molecule has 3 heterocycles. The summed E-state index contributed by atoms with van der Waals surface area (Å²) in [6.07, 6.45) is -3.65. The number of methoxy groups -OCH3 is 1. The van der Waals surface area contributed by atoms with Crippen LogP contribution in [0, 0.1) is 0 Å². The lowest BCUT2D eigenvalue weighted by atomic mass is 10.1. The van der Waals surface area contributed by atoms with Crippen molar-refractivity contribution < 1.29 is 31.9 Å². The summed E-state index contributed by atoms with van der Waals surface area (Å²) < 4.78 is 50.8. The molecule has 1 aliphatic heterocycles. The molecule has 0 saturated carbocycles. The molecule has 3 N–H and O–H groups in total. The van der Waals surface area contributed by atoms with Crippen molar-refractivity contribution in [1.29, 1.82) is 0 Å². The fourth-order valence-electron chi connectivity index (χ4n) is 4.20. The van der Waals surface area contributed by atoms with Crippen LogP contribution in [-0.2, 0) is 11.0 Å². The van der Waals surface area contributed by atoms with Crippen LogP contribution in [0.15, 0.2) is 28.7 Å². The van der Waals surface area contributed by atoms with E-state index in [9.17, 15) is 22.8 Å². The van der Waals surface area contributed by atoms with E-state index in [2.05, 4.69) is 15.3 Å². The summed E-state index contributed by atoms with van der Waals surface area (Å²) >= 11 is 0. The normalized spacial score (nSPS) is 16.9. The Morgan fingerprint density at radius 2 is 2.03 bits per heavy atom. The van der Waals surface area contributed by atoms with Gasteiger partial charge in [0.05, 0.1) is 13.2 Å². The number of hydrogen-bond donors (Lipinski definition) is 2. The Bertz CT molecular complexity index is 1300. The highest BCUT2D eigenvalue weighted by molar-refractivity contribution is 5.98. The van der Waals surface area contributed by atoms with Crippen LogP contribution in [0.4, 0.5) is 13.2 Å². The highest BCUT2D eigenvalue weighted by Crippen LogP contribution is 2.37. The second kappa shape index (κ2) is 9.76. The molecular formula is C24H26F3N5O4. The minimum absolute atomic E-state index is 0.0101. The molecule has 0 radical (unpaired) electrons. The van der Waals surface area contributed by atoms with Crippen molar-refractivity contribution in [1.82, 2.24) is 20.2 Å². The third kappa shape index (κ3) is 4.85. The zero-order valence-corrected chi connectivity index (χ0v) is 20.0. The third-order valence-electron chi connectivity index (χ3n) is 6.02. The molecule has 1 saturated heterocycles. The van der Waals surface area contributed by atoms with Crippen molar-refractivity contribution in [3.8, 4) is 17.2 Å². The maximum absolute atomic E-state index is 13.3. The van der Waals surface area contributed by atoms with Gasteiger partial charge in [-0.25, -0.2) is 9.97 Å². The maximum Gasteiger partial charge on any atom is 0.433 e. The molecular weight excluding hydrogens is 479 g/mol. The summed E-state index contributed by atoms with van der Waals surface area (Å²) in [6, 6.07) is 4.21. The second-order valence-electron chi connectivity index (χ2n) is 8.58. The van der Waals surface area contributed by atoms with Crippen LogP contribution in [-0.4, -0.2) is 52.9 Å². The molecule has 0 spiro atoms. The van der Waals surface area contributed by atoms with Gasteiger partial charge < -0.3 is 25.1 Å². The number of benzene rings is 1. The number of likely N-dealkylation sites (tertiary alicyclic amines) is 1.